The third kappa shape index (κ3) is 5.29. The number of aliphatic hydroxyl groups excluding tert-OH is 1. The van der Waals surface area contributed by atoms with Crippen LogP contribution in [-0.4, -0.2) is 51.6 Å². The van der Waals surface area contributed by atoms with Crippen LogP contribution in [0, 0.1) is 5.82 Å². The first kappa shape index (κ1) is 24.7. The number of pyridine rings is 1. The van der Waals surface area contributed by atoms with E-state index in [-0.39, 0.29) is 41.1 Å². The average molecular weight is 507 g/mol. The Morgan fingerprint density at radius 2 is 1.86 bits per heavy atom. The van der Waals surface area contributed by atoms with Crippen molar-refractivity contribution >= 4 is 41.8 Å². The zero-order chi connectivity index (χ0) is 25.7. The summed E-state index contributed by atoms with van der Waals surface area (Å²) < 4.78 is 15.2. The van der Waals surface area contributed by atoms with Gasteiger partial charge in [-0.1, -0.05) is 35.9 Å². The topological polar surface area (TPSA) is 122 Å². The predicted octanol–water partition coefficient (Wildman–Crippen LogP) is 4.03. The predicted molar refractivity (Wildman–Crippen MR) is 135 cm³/mol. The largest absolute Gasteiger partial charge is 0.395 e. The summed E-state index contributed by atoms with van der Waals surface area (Å²) in [4.78, 5) is 33.3. The second kappa shape index (κ2) is 10.9. The monoisotopic (exact) mass is 506 g/mol. The van der Waals surface area contributed by atoms with Crippen LogP contribution >= 0.6 is 11.6 Å². The first-order valence-electron chi connectivity index (χ1n) is 10.7. The molecule has 36 heavy (non-hydrogen) atoms. The number of carbonyl (C=O) groups is 2. The lowest BCUT2D eigenvalue weighted by Crippen LogP contribution is -2.26. The Labute approximate surface area is 210 Å². The van der Waals surface area contributed by atoms with Gasteiger partial charge in [-0.05, 0) is 43.1 Å². The van der Waals surface area contributed by atoms with E-state index in [0.29, 0.717) is 16.9 Å². The second-order valence-electron chi connectivity index (χ2n) is 7.45. The minimum atomic E-state index is -0.617. The Morgan fingerprint density at radius 3 is 2.58 bits per heavy atom. The van der Waals surface area contributed by atoms with Crippen LogP contribution in [0.15, 0.2) is 71.7 Å². The number of benzene rings is 2. The van der Waals surface area contributed by atoms with Crippen LogP contribution in [-0.2, 0) is 0 Å². The molecule has 11 heteroatoms. The maximum absolute atomic E-state index is 13.8. The number of anilines is 1. The van der Waals surface area contributed by atoms with E-state index in [1.807, 2.05) is 6.07 Å². The highest BCUT2D eigenvalue weighted by molar-refractivity contribution is 6.34. The molecule has 2 heterocycles. The first-order chi connectivity index (χ1) is 17.4. The number of carbonyl (C=O) groups excluding carboxylic acids is 2. The molecule has 0 radical (unpaired) electrons. The number of halogens is 2. The summed E-state index contributed by atoms with van der Waals surface area (Å²) in [6.45, 7) is 3.14. The molecule has 0 atom stereocenters. The zero-order valence-electron chi connectivity index (χ0n) is 18.8. The van der Waals surface area contributed by atoms with E-state index >= 15 is 0 Å². The van der Waals surface area contributed by atoms with Crippen LogP contribution in [0.5, 0.6) is 0 Å². The minimum absolute atomic E-state index is 0.0439. The molecule has 182 valence electrons. The Kier molecular flexibility index (Phi) is 7.47. The van der Waals surface area contributed by atoms with E-state index < -0.39 is 17.6 Å². The van der Waals surface area contributed by atoms with Crippen LogP contribution < -0.4 is 10.6 Å². The lowest BCUT2D eigenvalue weighted by molar-refractivity contribution is 0.0938. The number of aliphatic imine (C=N–C) groups is 1. The van der Waals surface area contributed by atoms with Crippen molar-refractivity contribution in [3.8, 4) is 16.9 Å². The molecule has 0 aliphatic rings. The third-order valence-corrected chi connectivity index (χ3v) is 5.40. The normalized spacial score (nSPS) is 10.6. The fourth-order valence-corrected chi connectivity index (χ4v) is 3.56. The molecule has 9 nitrogen and oxygen atoms in total. The van der Waals surface area contributed by atoms with Crippen LogP contribution in [0.1, 0.15) is 20.8 Å². The van der Waals surface area contributed by atoms with Crippen molar-refractivity contribution in [3.05, 3.63) is 88.8 Å². The van der Waals surface area contributed by atoms with Gasteiger partial charge in [-0.15, -0.1) is 0 Å². The summed E-state index contributed by atoms with van der Waals surface area (Å²) in [5.41, 5.74) is 1.66. The van der Waals surface area contributed by atoms with Crippen LogP contribution in [0.3, 0.4) is 0 Å². The quantitative estimate of drug-likeness (QED) is 0.311. The number of hydrogen-bond donors (Lipinski definition) is 3. The molecule has 0 saturated heterocycles. The molecule has 2 amide bonds. The number of amides is 2. The van der Waals surface area contributed by atoms with Gasteiger partial charge < -0.3 is 15.7 Å². The van der Waals surface area contributed by atoms with Crippen LogP contribution in [0.2, 0.25) is 5.02 Å². The summed E-state index contributed by atoms with van der Waals surface area (Å²) in [6.07, 6.45) is 0. The molecule has 0 aliphatic carbocycles. The van der Waals surface area contributed by atoms with Gasteiger partial charge in [0.2, 0.25) is 0 Å². The van der Waals surface area contributed by atoms with Gasteiger partial charge in [-0.2, -0.15) is 5.10 Å². The highest BCUT2D eigenvalue weighted by Crippen LogP contribution is 2.28. The van der Waals surface area contributed by atoms with Crippen molar-refractivity contribution in [2.45, 2.75) is 0 Å². The van der Waals surface area contributed by atoms with Crippen molar-refractivity contribution in [1.82, 2.24) is 20.1 Å². The van der Waals surface area contributed by atoms with E-state index in [0.717, 1.165) is 0 Å². The molecule has 2 aromatic carbocycles. The van der Waals surface area contributed by atoms with E-state index in [9.17, 15) is 14.0 Å². The number of hydrogen-bond acceptors (Lipinski definition) is 6. The molecule has 0 fully saturated rings. The molecule has 3 N–H and O–H groups in total. The van der Waals surface area contributed by atoms with Crippen LogP contribution in [0.4, 0.5) is 16.0 Å². The Bertz CT molecular complexity index is 1440. The van der Waals surface area contributed by atoms with Crippen molar-refractivity contribution in [2.75, 3.05) is 18.5 Å². The van der Waals surface area contributed by atoms with Gasteiger partial charge in [0.1, 0.15) is 5.82 Å². The number of aromatic nitrogens is 3. The summed E-state index contributed by atoms with van der Waals surface area (Å²) >= 11 is 6.32. The Morgan fingerprint density at radius 1 is 1.08 bits per heavy atom. The maximum atomic E-state index is 13.8. The Hall–Kier alpha value is -4.41. The molecule has 0 aliphatic heterocycles. The first-order valence-corrected chi connectivity index (χ1v) is 11.1. The minimum Gasteiger partial charge on any atom is -0.395 e. The number of aliphatic hydroxyl groups is 1. The molecule has 0 unspecified atom stereocenters. The molecule has 4 aromatic rings. The average Bonchev–Trinajstić information content (AvgIpc) is 3.32. The third-order valence-electron chi connectivity index (χ3n) is 5.07. The number of para-hydroxylation sites is 1. The lowest BCUT2D eigenvalue weighted by Gasteiger charge is -2.11. The molecular weight excluding hydrogens is 487 g/mol. The fraction of sp³-hybridized carbons (Fsp3) is 0.0800. The SMILES string of the molecule is C=Nc1nc(-c2ccc(Cl)c(C(=O)Nc3cc(C(=O)NCCO)nn3-c3ccccc3)c2)ccc1F. The highest BCUT2D eigenvalue weighted by Gasteiger charge is 2.20. The number of nitrogens with one attached hydrogen (secondary N) is 2. The van der Waals surface area contributed by atoms with E-state index in [1.54, 1.807) is 30.3 Å². The maximum Gasteiger partial charge on any atom is 0.271 e. The van der Waals surface area contributed by atoms with Crippen molar-refractivity contribution < 1.29 is 19.1 Å². The second-order valence-corrected chi connectivity index (χ2v) is 7.86. The summed E-state index contributed by atoms with van der Waals surface area (Å²) in [5, 5.41) is 18.7. The number of rotatable bonds is 8. The van der Waals surface area contributed by atoms with Gasteiger partial charge in [0.25, 0.3) is 11.8 Å². The smallest absolute Gasteiger partial charge is 0.271 e. The fourth-order valence-electron chi connectivity index (χ4n) is 3.35. The lowest BCUT2D eigenvalue weighted by atomic mass is 10.1. The van der Waals surface area contributed by atoms with Gasteiger partial charge in [-0.3, -0.25) is 9.59 Å². The van der Waals surface area contributed by atoms with Crippen molar-refractivity contribution in [3.63, 3.8) is 0 Å². The van der Waals surface area contributed by atoms with Crippen molar-refractivity contribution in [1.29, 1.82) is 0 Å². The van der Waals surface area contributed by atoms with Gasteiger partial charge in [0.15, 0.2) is 17.3 Å². The van der Waals surface area contributed by atoms with Gasteiger partial charge in [0, 0.05) is 18.2 Å². The molecule has 0 spiro atoms. The molecule has 4 rings (SSSR count). The number of nitrogens with zero attached hydrogens (tertiary/aromatic N) is 4. The molecule has 0 bridgehead atoms. The summed E-state index contributed by atoms with van der Waals surface area (Å²) in [7, 11) is 0. The highest BCUT2D eigenvalue weighted by atomic mass is 35.5. The standard InChI is InChI=1S/C25H20ClFN6O3/c1-28-23-19(27)9-10-20(30-23)15-7-8-18(26)17(13-15)24(35)31-22-14-21(25(36)29-11-12-34)32-33(22)16-5-3-2-4-6-16/h2-10,13-14,34H,1,11-12H2,(H,29,36)(H,31,35). The Balaban J connectivity index is 1.68. The zero-order valence-corrected chi connectivity index (χ0v) is 19.5. The van der Waals surface area contributed by atoms with E-state index in [2.05, 4.69) is 32.4 Å². The van der Waals surface area contributed by atoms with Crippen molar-refractivity contribution in [2.24, 2.45) is 4.99 Å². The van der Waals surface area contributed by atoms with Gasteiger partial charge >= 0.3 is 0 Å². The summed E-state index contributed by atoms with van der Waals surface area (Å²) in [6, 6.07) is 17.7. The molecule has 2 aromatic heterocycles. The molecular formula is C25H20ClFN6O3. The van der Waals surface area contributed by atoms with Gasteiger partial charge in [-0.25, -0.2) is 19.0 Å². The molecule has 0 saturated carbocycles. The van der Waals surface area contributed by atoms with Crippen LogP contribution in [0.25, 0.3) is 16.9 Å². The van der Waals surface area contributed by atoms with E-state index in [1.165, 1.54) is 35.0 Å². The summed E-state index contributed by atoms with van der Waals surface area (Å²) in [5.74, 6) is -1.63. The van der Waals surface area contributed by atoms with Gasteiger partial charge in [0.05, 0.1) is 28.6 Å². The van der Waals surface area contributed by atoms with E-state index in [4.69, 9.17) is 16.7 Å².